The molecule has 0 amide bonds. The Morgan fingerprint density at radius 1 is 1.00 bits per heavy atom. The first-order valence-electron chi connectivity index (χ1n) is 6.91. The Labute approximate surface area is 125 Å². The fourth-order valence-electron chi connectivity index (χ4n) is 2.64. The maximum absolute atomic E-state index is 12.7. The molecule has 1 aromatic rings. The summed E-state index contributed by atoms with van der Waals surface area (Å²) in [5.74, 6) is 0. The monoisotopic (exact) mass is 307 g/mol. The van der Waals surface area contributed by atoms with Gasteiger partial charge in [0, 0.05) is 0 Å². The van der Waals surface area contributed by atoms with Crippen molar-refractivity contribution in [2.45, 2.75) is 51.4 Å². The third-order valence-electron chi connectivity index (χ3n) is 4.51. The minimum atomic E-state index is -1.07. The topological polar surface area (TPSA) is 91.1 Å². The molecular formula is C14H17N3O5. The second-order valence-corrected chi connectivity index (χ2v) is 5.85. The maximum atomic E-state index is 12.7. The lowest BCUT2D eigenvalue weighted by Crippen LogP contribution is -2.59. The highest BCUT2D eigenvalue weighted by molar-refractivity contribution is 5.19. The van der Waals surface area contributed by atoms with Crippen molar-refractivity contribution in [2.75, 3.05) is 0 Å². The van der Waals surface area contributed by atoms with Gasteiger partial charge in [-0.1, -0.05) is 6.58 Å². The summed E-state index contributed by atoms with van der Waals surface area (Å²) < 4.78 is 13.4. The molecule has 2 saturated heterocycles. The Bertz CT molecular complexity index is 827. The minimum absolute atomic E-state index is 0.310. The predicted octanol–water partition coefficient (Wildman–Crippen LogP) is -0.390. The van der Waals surface area contributed by atoms with Gasteiger partial charge in [0.1, 0.15) is 12.2 Å². The summed E-state index contributed by atoms with van der Waals surface area (Å²) in [6.07, 6.45) is 0.481. The van der Waals surface area contributed by atoms with Crippen molar-refractivity contribution in [1.29, 1.82) is 0 Å². The number of nitrogens with zero attached hydrogens (tertiary/aromatic N) is 3. The van der Waals surface area contributed by atoms with Gasteiger partial charge in [-0.3, -0.25) is 0 Å². The van der Waals surface area contributed by atoms with Gasteiger partial charge in [-0.15, -0.1) is 5.73 Å². The van der Waals surface area contributed by atoms with Crippen molar-refractivity contribution in [1.82, 2.24) is 13.7 Å². The second kappa shape index (κ2) is 4.19. The molecule has 3 rings (SSSR count). The van der Waals surface area contributed by atoms with Gasteiger partial charge in [-0.25, -0.2) is 28.1 Å². The Morgan fingerprint density at radius 3 is 1.64 bits per heavy atom. The van der Waals surface area contributed by atoms with Crippen LogP contribution in [-0.4, -0.2) is 25.9 Å². The van der Waals surface area contributed by atoms with Gasteiger partial charge in [0.15, 0.2) is 11.4 Å². The fraction of sp³-hybridized carbons (Fsp3) is 0.571. The lowest BCUT2D eigenvalue weighted by Gasteiger charge is -2.16. The molecule has 2 aliphatic heterocycles. The van der Waals surface area contributed by atoms with E-state index in [9.17, 15) is 14.4 Å². The van der Waals surface area contributed by atoms with Gasteiger partial charge in [-0.05, 0) is 27.7 Å². The van der Waals surface area contributed by atoms with Crippen molar-refractivity contribution in [3.8, 4) is 0 Å². The van der Waals surface area contributed by atoms with E-state index in [0.29, 0.717) is 0 Å². The molecule has 2 fully saturated rings. The van der Waals surface area contributed by atoms with E-state index in [-0.39, 0.29) is 12.2 Å². The number of rotatable bonds is 3. The van der Waals surface area contributed by atoms with Crippen LogP contribution in [-0.2, 0) is 20.9 Å². The lowest BCUT2D eigenvalue weighted by molar-refractivity contribution is 0.189. The van der Waals surface area contributed by atoms with Crippen LogP contribution in [0.1, 0.15) is 27.7 Å². The van der Waals surface area contributed by atoms with Gasteiger partial charge >= 0.3 is 17.1 Å². The standard InChI is InChI=1S/C14H17N3O5/c1-6-7-15-10(18)16(13(4)8(2)21-13)12(20)17(11(15)19)14(5)9(3)22-14/h7-9H,1H2,2-5H3. The summed E-state index contributed by atoms with van der Waals surface area (Å²) >= 11 is 0. The van der Waals surface area contributed by atoms with Crippen molar-refractivity contribution >= 4 is 6.20 Å². The quantitative estimate of drug-likeness (QED) is 0.560. The largest absolute Gasteiger partial charge is 0.345 e. The van der Waals surface area contributed by atoms with Gasteiger partial charge < -0.3 is 9.47 Å². The lowest BCUT2D eigenvalue weighted by atomic mass is 10.2. The van der Waals surface area contributed by atoms with Crippen LogP contribution in [0, 0.1) is 0 Å². The van der Waals surface area contributed by atoms with Crippen molar-refractivity contribution < 1.29 is 9.47 Å². The molecule has 1 aromatic heterocycles. The zero-order chi connectivity index (χ0) is 16.4. The first-order chi connectivity index (χ1) is 10.2. The van der Waals surface area contributed by atoms with Crippen molar-refractivity contribution in [3.63, 3.8) is 0 Å². The average molecular weight is 307 g/mol. The Kier molecular flexibility index (Phi) is 2.82. The van der Waals surface area contributed by atoms with E-state index >= 15 is 0 Å². The number of epoxide rings is 2. The molecule has 118 valence electrons. The Hall–Kier alpha value is -2.15. The Morgan fingerprint density at radius 2 is 1.36 bits per heavy atom. The average Bonchev–Trinajstić information content (AvgIpc) is 3.22. The maximum Gasteiger partial charge on any atom is 0.343 e. The van der Waals surface area contributed by atoms with Crippen LogP contribution >= 0.6 is 0 Å². The van der Waals surface area contributed by atoms with Gasteiger partial charge in [0.25, 0.3) is 0 Å². The van der Waals surface area contributed by atoms with Crippen LogP contribution in [0.3, 0.4) is 0 Å². The van der Waals surface area contributed by atoms with E-state index in [1.54, 1.807) is 27.7 Å². The van der Waals surface area contributed by atoms with Crippen molar-refractivity contribution in [3.05, 3.63) is 43.8 Å². The second-order valence-electron chi connectivity index (χ2n) is 5.85. The van der Waals surface area contributed by atoms with E-state index in [2.05, 4.69) is 12.3 Å². The van der Waals surface area contributed by atoms with E-state index in [0.717, 1.165) is 19.9 Å². The molecule has 0 aromatic carbocycles. The highest BCUT2D eigenvalue weighted by atomic mass is 16.6. The molecule has 0 bridgehead atoms. The molecule has 0 aliphatic carbocycles. The van der Waals surface area contributed by atoms with E-state index < -0.39 is 28.5 Å². The van der Waals surface area contributed by atoms with Gasteiger partial charge in [0.2, 0.25) is 0 Å². The highest BCUT2D eigenvalue weighted by Crippen LogP contribution is 2.40. The van der Waals surface area contributed by atoms with Crippen LogP contribution in [0.4, 0.5) is 0 Å². The third-order valence-corrected chi connectivity index (χ3v) is 4.51. The van der Waals surface area contributed by atoms with Crippen molar-refractivity contribution in [2.24, 2.45) is 0 Å². The number of hydrogen-bond acceptors (Lipinski definition) is 5. The van der Waals surface area contributed by atoms with E-state index in [1.807, 2.05) is 0 Å². The first kappa shape index (κ1) is 14.8. The van der Waals surface area contributed by atoms with Gasteiger partial charge in [-0.2, -0.15) is 0 Å². The van der Waals surface area contributed by atoms with Gasteiger partial charge in [0.05, 0.1) is 6.20 Å². The molecule has 4 atom stereocenters. The van der Waals surface area contributed by atoms with Crippen LogP contribution in [0.15, 0.2) is 26.7 Å². The zero-order valence-electron chi connectivity index (χ0n) is 12.8. The molecule has 0 N–H and O–H groups in total. The predicted molar refractivity (Wildman–Crippen MR) is 77.5 cm³/mol. The van der Waals surface area contributed by atoms with Crippen LogP contribution in [0.25, 0.3) is 6.20 Å². The molecule has 3 heterocycles. The minimum Gasteiger partial charge on any atom is -0.345 e. The summed E-state index contributed by atoms with van der Waals surface area (Å²) in [5.41, 5.74) is -2.09. The zero-order valence-corrected chi connectivity index (χ0v) is 12.8. The summed E-state index contributed by atoms with van der Waals surface area (Å²) in [6.45, 7) is 10.1. The SMILES string of the molecule is C=C=Cn1c(=O)n(C2(C)OC2C)c(=O)n(C2(C)OC2C)c1=O. The number of hydrogen-bond donors (Lipinski definition) is 0. The summed E-state index contributed by atoms with van der Waals surface area (Å²) in [6, 6.07) is 0. The number of aromatic nitrogens is 3. The summed E-state index contributed by atoms with van der Waals surface area (Å²) in [4.78, 5) is 37.7. The van der Waals surface area contributed by atoms with E-state index in [1.165, 1.54) is 0 Å². The van der Waals surface area contributed by atoms with Crippen LogP contribution < -0.4 is 17.1 Å². The fourth-order valence-corrected chi connectivity index (χ4v) is 2.64. The molecule has 0 saturated carbocycles. The molecule has 0 spiro atoms. The van der Waals surface area contributed by atoms with Crippen LogP contribution in [0.5, 0.6) is 0 Å². The Balaban J connectivity index is 2.43. The van der Waals surface area contributed by atoms with E-state index in [4.69, 9.17) is 9.47 Å². The first-order valence-corrected chi connectivity index (χ1v) is 6.91. The molecule has 4 unspecified atom stereocenters. The molecule has 22 heavy (non-hydrogen) atoms. The molecular weight excluding hydrogens is 290 g/mol. The molecule has 8 heteroatoms. The normalized spacial score (nSPS) is 35.8. The van der Waals surface area contributed by atoms with Crippen LogP contribution in [0.2, 0.25) is 0 Å². The molecule has 0 radical (unpaired) electrons. The number of ether oxygens (including phenoxy) is 2. The smallest absolute Gasteiger partial charge is 0.343 e. The highest BCUT2D eigenvalue weighted by Gasteiger charge is 2.57. The molecule has 2 aliphatic rings. The third kappa shape index (κ3) is 1.68. The summed E-state index contributed by atoms with van der Waals surface area (Å²) in [7, 11) is 0. The summed E-state index contributed by atoms with van der Waals surface area (Å²) in [5, 5.41) is 0. The molecule has 8 nitrogen and oxygen atoms in total.